The molecule has 2 aliphatic heterocycles. The van der Waals surface area contributed by atoms with E-state index in [2.05, 4.69) is 26.7 Å². The number of likely N-dealkylation sites (tertiary alicyclic amines) is 1. The zero-order chi connectivity index (χ0) is 21.4. The molecule has 1 N–H and O–H groups in total. The number of nitrogens with zero attached hydrogens (tertiary/aromatic N) is 3. The van der Waals surface area contributed by atoms with Crippen molar-refractivity contribution in [2.45, 2.75) is 43.6 Å². The van der Waals surface area contributed by atoms with Crippen molar-refractivity contribution in [3.63, 3.8) is 0 Å². The standard InChI is InChI=1S/C24H21FN4O2/c25-18-6-4-16-9-22(28-24(30)21(16)10-18)17-5-7-19(8-17)29-13-20(14-29)31-23-3-1-2-15(11-26)12-27-23/h2,4,6,9-10,12,17,19-20,23H,5,7-8,13-14H2,(H,28,30). The van der Waals surface area contributed by atoms with Crippen LogP contribution in [0.15, 0.2) is 45.7 Å². The lowest BCUT2D eigenvalue weighted by Crippen LogP contribution is -2.56. The molecule has 1 saturated carbocycles. The molecular formula is C24H21FN4O2. The number of nitrogens with one attached hydrogen (secondary N) is 1. The molecule has 2 aromatic rings. The summed E-state index contributed by atoms with van der Waals surface area (Å²) in [5.41, 5.74) is 1.14. The Hall–Kier alpha value is -3.26. The monoisotopic (exact) mass is 416 g/mol. The van der Waals surface area contributed by atoms with E-state index in [0.717, 1.165) is 43.4 Å². The van der Waals surface area contributed by atoms with Crippen molar-refractivity contribution in [2.24, 2.45) is 4.99 Å². The molecule has 1 aromatic heterocycles. The summed E-state index contributed by atoms with van der Waals surface area (Å²) in [6, 6.07) is 8.81. The topological polar surface area (TPSA) is 81.5 Å². The maximum atomic E-state index is 13.4. The average molecular weight is 416 g/mol. The molecule has 1 saturated heterocycles. The number of nitriles is 1. The number of hydrogen-bond donors (Lipinski definition) is 1. The lowest BCUT2D eigenvalue weighted by atomic mass is 9.99. The van der Waals surface area contributed by atoms with Gasteiger partial charge in [-0.25, -0.2) is 9.38 Å². The third-order valence-electron chi connectivity index (χ3n) is 6.30. The predicted octanol–water partition coefficient (Wildman–Crippen LogP) is 2.87. The first-order chi connectivity index (χ1) is 15.1. The normalized spacial score (nSPS) is 25.9. The molecule has 3 heterocycles. The Morgan fingerprint density at radius 2 is 2.16 bits per heavy atom. The molecule has 0 radical (unpaired) electrons. The van der Waals surface area contributed by atoms with Crippen LogP contribution in [0.5, 0.6) is 0 Å². The van der Waals surface area contributed by atoms with Crippen molar-refractivity contribution in [1.29, 1.82) is 5.26 Å². The Morgan fingerprint density at radius 3 is 3.00 bits per heavy atom. The summed E-state index contributed by atoms with van der Waals surface area (Å²) in [6.45, 7) is 1.66. The number of aliphatic imine (C=N–C) groups is 1. The molecule has 0 spiro atoms. The minimum Gasteiger partial charge on any atom is -0.340 e. The highest BCUT2D eigenvalue weighted by atomic mass is 19.1. The number of aromatic nitrogens is 1. The van der Waals surface area contributed by atoms with Crippen molar-refractivity contribution in [1.82, 2.24) is 9.88 Å². The minimum absolute atomic E-state index is 0.0782. The molecular weight excluding hydrogens is 395 g/mol. The quantitative estimate of drug-likeness (QED) is 0.777. The minimum atomic E-state index is -0.530. The number of pyridine rings is 1. The largest absolute Gasteiger partial charge is 0.340 e. The van der Waals surface area contributed by atoms with E-state index < -0.39 is 12.0 Å². The van der Waals surface area contributed by atoms with E-state index in [9.17, 15) is 9.18 Å². The molecule has 7 heteroatoms. The fourth-order valence-electron chi connectivity index (χ4n) is 4.62. The van der Waals surface area contributed by atoms with Crippen molar-refractivity contribution < 1.29 is 9.13 Å². The Morgan fingerprint density at radius 1 is 1.29 bits per heavy atom. The fourth-order valence-corrected chi connectivity index (χ4v) is 4.62. The van der Waals surface area contributed by atoms with Crippen LogP contribution in [-0.2, 0) is 4.74 Å². The number of halogens is 1. The lowest BCUT2D eigenvalue weighted by Gasteiger charge is -2.43. The molecule has 156 valence electrons. The Kier molecular flexibility index (Phi) is 5.15. The van der Waals surface area contributed by atoms with Gasteiger partial charge in [0.05, 0.1) is 11.7 Å². The van der Waals surface area contributed by atoms with Crippen LogP contribution in [0.1, 0.15) is 30.9 Å². The summed E-state index contributed by atoms with van der Waals surface area (Å²) in [6.07, 6.45) is 5.65. The number of rotatable bonds is 4. The van der Waals surface area contributed by atoms with Gasteiger partial charge in [0.25, 0.3) is 5.56 Å². The summed E-state index contributed by atoms with van der Waals surface area (Å²) in [5, 5.41) is 10.1. The van der Waals surface area contributed by atoms with Gasteiger partial charge in [-0.2, -0.15) is 5.26 Å². The first kappa shape index (κ1) is 19.7. The maximum Gasteiger partial charge on any atom is 0.256 e. The summed E-state index contributed by atoms with van der Waals surface area (Å²) in [5.74, 6) is 5.61. The molecule has 3 unspecified atom stereocenters. The van der Waals surface area contributed by atoms with E-state index in [0.29, 0.717) is 22.9 Å². The van der Waals surface area contributed by atoms with Crippen LogP contribution in [0.25, 0.3) is 10.8 Å². The molecule has 31 heavy (non-hydrogen) atoms. The van der Waals surface area contributed by atoms with Gasteiger partial charge in [-0.15, -0.1) is 0 Å². The zero-order valence-corrected chi connectivity index (χ0v) is 16.8. The smallest absolute Gasteiger partial charge is 0.256 e. The number of aromatic amines is 1. The molecule has 0 bridgehead atoms. The first-order valence-electron chi connectivity index (χ1n) is 10.5. The van der Waals surface area contributed by atoms with Crippen molar-refractivity contribution in [3.8, 4) is 17.9 Å². The van der Waals surface area contributed by atoms with Gasteiger partial charge < -0.3 is 9.72 Å². The SMILES string of the molecule is N#CC1=CC#CC(OC2CN(C3CCC(c4cc5ccc(F)cc5c(=O)[nH]4)C3)C2)N=C1. The number of fused-ring (bicyclic) bond motifs is 1. The first-order valence-corrected chi connectivity index (χ1v) is 10.5. The highest BCUT2D eigenvalue weighted by Gasteiger charge is 2.38. The molecule has 6 nitrogen and oxygen atoms in total. The van der Waals surface area contributed by atoms with E-state index in [-0.39, 0.29) is 11.7 Å². The van der Waals surface area contributed by atoms with E-state index in [4.69, 9.17) is 10.00 Å². The molecule has 2 fully saturated rings. The summed E-state index contributed by atoms with van der Waals surface area (Å²) < 4.78 is 19.4. The molecule has 3 aliphatic rings. The number of ether oxygens (including phenoxy) is 1. The fraction of sp³-hybridized carbons (Fsp3) is 0.375. The van der Waals surface area contributed by atoms with Crippen molar-refractivity contribution in [2.75, 3.05) is 13.1 Å². The number of allylic oxidation sites excluding steroid dienone is 2. The van der Waals surface area contributed by atoms with Gasteiger partial charge in [-0.1, -0.05) is 12.0 Å². The molecule has 0 amide bonds. The van der Waals surface area contributed by atoms with Gasteiger partial charge >= 0.3 is 0 Å². The van der Waals surface area contributed by atoms with Gasteiger partial charge in [0, 0.05) is 48.4 Å². The van der Waals surface area contributed by atoms with Crippen LogP contribution in [0.2, 0.25) is 0 Å². The van der Waals surface area contributed by atoms with Gasteiger partial charge in [0.1, 0.15) is 11.9 Å². The van der Waals surface area contributed by atoms with E-state index in [1.54, 1.807) is 12.1 Å². The summed E-state index contributed by atoms with van der Waals surface area (Å²) in [4.78, 5) is 22.0. The maximum absolute atomic E-state index is 13.4. The molecule has 1 aromatic carbocycles. The third kappa shape index (κ3) is 4.03. The number of benzene rings is 1. The number of hydrogen-bond acceptors (Lipinski definition) is 5. The van der Waals surface area contributed by atoms with E-state index in [1.807, 2.05) is 12.1 Å². The van der Waals surface area contributed by atoms with Crippen LogP contribution in [0.3, 0.4) is 0 Å². The van der Waals surface area contributed by atoms with Gasteiger partial charge in [0.2, 0.25) is 6.23 Å². The van der Waals surface area contributed by atoms with Crippen LogP contribution >= 0.6 is 0 Å². The van der Waals surface area contributed by atoms with Crippen LogP contribution in [0, 0.1) is 29.0 Å². The molecule has 1 aliphatic carbocycles. The van der Waals surface area contributed by atoms with E-state index in [1.165, 1.54) is 18.3 Å². The summed E-state index contributed by atoms with van der Waals surface area (Å²) >= 11 is 0. The van der Waals surface area contributed by atoms with Gasteiger partial charge in [0.15, 0.2) is 0 Å². The van der Waals surface area contributed by atoms with Gasteiger partial charge in [-0.3, -0.25) is 9.69 Å². The molecule has 3 atom stereocenters. The second kappa shape index (κ2) is 8.11. The Balaban J connectivity index is 1.18. The highest BCUT2D eigenvalue weighted by Crippen LogP contribution is 2.38. The third-order valence-corrected chi connectivity index (χ3v) is 6.30. The second-order valence-corrected chi connectivity index (χ2v) is 8.29. The summed E-state index contributed by atoms with van der Waals surface area (Å²) in [7, 11) is 0. The lowest BCUT2D eigenvalue weighted by molar-refractivity contribution is -0.0862. The molecule has 5 rings (SSSR count). The van der Waals surface area contributed by atoms with Crippen LogP contribution < -0.4 is 5.56 Å². The van der Waals surface area contributed by atoms with E-state index >= 15 is 0 Å². The van der Waals surface area contributed by atoms with Crippen LogP contribution in [0.4, 0.5) is 4.39 Å². The highest BCUT2D eigenvalue weighted by molar-refractivity contribution is 5.85. The Labute approximate surface area is 179 Å². The zero-order valence-electron chi connectivity index (χ0n) is 16.8. The van der Waals surface area contributed by atoms with Crippen molar-refractivity contribution >= 4 is 17.0 Å². The van der Waals surface area contributed by atoms with Gasteiger partial charge in [-0.05, 0) is 48.8 Å². The number of H-pyrrole nitrogens is 1. The van der Waals surface area contributed by atoms with Crippen molar-refractivity contribution in [3.05, 3.63) is 57.8 Å². The average Bonchev–Trinajstić information content (AvgIpc) is 3.10. The van der Waals surface area contributed by atoms with Crippen LogP contribution in [-0.4, -0.2) is 47.6 Å². The second-order valence-electron chi connectivity index (χ2n) is 8.29. The predicted molar refractivity (Wildman–Crippen MR) is 115 cm³/mol. The Bertz CT molecular complexity index is 1240.